The molecular formula is C19H28N4O2S2. The van der Waals surface area contributed by atoms with Crippen molar-refractivity contribution in [1.82, 2.24) is 20.1 Å². The SMILES string of the molecule is CC[C@@H]1CCc2sc(-c3nnc(S[C@H](C)C(=O)NCCOC)n3C)cc2C1. The summed E-state index contributed by atoms with van der Waals surface area (Å²) in [6.07, 6.45) is 4.90. The Labute approximate surface area is 169 Å². The highest BCUT2D eigenvalue weighted by atomic mass is 32.2. The van der Waals surface area contributed by atoms with Gasteiger partial charge in [0.25, 0.3) is 0 Å². The van der Waals surface area contributed by atoms with Gasteiger partial charge in [0, 0.05) is 25.6 Å². The van der Waals surface area contributed by atoms with E-state index in [2.05, 4.69) is 28.5 Å². The molecular weight excluding hydrogens is 380 g/mol. The van der Waals surface area contributed by atoms with Crippen LogP contribution in [0.4, 0.5) is 0 Å². The van der Waals surface area contributed by atoms with Gasteiger partial charge in [0.15, 0.2) is 11.0 Å². The number of hydrogen-bond acceptors (Lipinski definition) is 6. The number of carbonyl (C=O) groups excluding carboxylic acids is 1. The number of hydrogen-bond donors (Lipinski definition) is 1. The Bertz CT molecular complexity index is 787. The Morgan fingerprint density at radius 2 is 2.33 bits per heavy atom. The van der Waals surface area contributed by atoms with Crippen LogP contribution in [0.15, 0.2) is 11.2 Å². The number of thioether (sulfide) groups is 1. The van der Waals surface area contributed by atoms with E-state index in [4.69, 9.17) is 4.74 Å². The Kier molecular flexibility index (Phi) is 6.94. The van der Waals surface area contributed by atoms with Crippen LogP contribution in [0.2, 0.25) is 0 Å². The van der Waals surface area contributed by atoms with Crippen LogP contribution in [-0.2, 0) is 29.4 Å². The maximum absolute atomic E-state index is 12.2. The van der Waals surface area contributed by atoms with Crippen molar-refractivity contribution in [3.8, 4) is 10.7 Å². The van der Waals surface area contributed by atoms with Crippen LogP contribution in [-0.4, -0.2) is 46.2 Å². The van der Waals surface area contributed by atoms with Crippen molar-refractivity contribution in [2.45, 2.75) is 49.9 Å². The van der Waals surface area contributed by atoms with Gasteiger partial charge in [-0.1, -0.05) is 25.1 Å². The number of rotatable bonds is 8. The van der Waals surface area contributed by atoms with E-state index in [1.54, 1.807) is 7.11 Å². The van der Waals surface area contributed by atoms with Gasteiger partial charge in [-0.3, -0.25) is 4.79 Å². The molecule has 1 aliphatic carbocycles. The predicted octanol–water partition coefficient (Wildman–Crippen LogP) is 3.30. The van der Waals surface area contributed by atoms with Gasteiger partial charge in [0.05, 0.1) is 16.7 Å². The smallest absolute Gasteiger partial charge is 0.233 e. The number of amides is 1. The van der Waals surface area contributed by atoms with Crippen molar-refractivity contribution < 1.29 is 9.53 Å². The normalized spacial score (nSPS) is 17.6. The van der Waals surface area contributed by atoms with Gasteiger partial charge >= 0.3 is 0 Å². The van der Waals surface area contributed by atoms with E-state index in [-0.39, 0.29) is 11.2 Å². The number of carbonyl (C=O) groups is 1. The molecule has 0 aromatic carbocycles. The third-order valence-corrected chi connectivity index (χ3v) is 7.44. The highest BCUT2D eigenvalue weighted by Crippen LogP contribution is 2.38. The summed E-state index contributed by atoms with van der Waals surface area (Å²) < 4.78 is 6.96. The Balaban J connectivity index is 1.69. The molecule has 0 spiro atoms. The third-order valence-electron chi connectivity index (χ3n) is 5.07. The molecule has 1 aliphatic rings. The van der Waals surface area contributed by atoms with E-state index < -0.39 is 0 Å². The molecule has 0 unspecified atom stereocenters. The van der Waals surface area contributed by atoms with Crippen molar-refractivity contribution in [1.29, 1.82) is 0 Å². The first-order chi connectivity index (χ1) is 13.0. The summed E-state index contributed by atoms with van der Waals surface area (Å²) in [6, 6.07) is 2.29. The molecule has 1 N–H and O–H groups in total. The maximum atomic E-state index is 12.2. The van der Waals surface area contributed by atoms with Crippen LogP contribution in [0.25, 0.3) is 10.7 Å². The van der Waals surface area contributed by atoms with Gasteiger partial charge < -0.3 is 14.6 Å². The number of aryl methyl sites for hydroxylation is 1. The number of methoxy groups -OCH3 is 1. The Morgan fingerprint density at radius 1 is 1.52 bits per heavy atom. The van der Waals surface area contributed by atoms with Crippen molar-refractivity contribution in [3.05, 3.63) is 16.5 Å². The molecule has 3 rings (SSSR count). The van der Waals surface area contributed by atoms with E-state index in [0.717, 1.165) is 16.9 Å². The van der Waals surface area contributed by atoms with Crippen LogP contribution in [0.3, 0.4) is 0 Å². The number of fused-ring (bicyclic) bond motifs is 1. The second-order valence-corrected chi connectivity index (χ2v) is 9.43. The lowest BCUT2D eigenvalue weighted by Crippen LogP contribution is -2.33. The fourth-order valence-electron chi connectivity index (χ4n) is 3.32. The number of thiophene rings is 1. The van der Waals surface area contributed by atoms with Gasteiger partial charge in [-0.25, -0.2) is 0 Å². The summed E-state index contributed by atoms with van der Waals surface area (Å²) in [6.45, 7) is 5.20. The lowest BCUT2D eigenvalue weighted by molar-refractivity contribution is -0.120. The summed E-state index contributed by atoms with van der Waals surface area (Å²) in [5, 5.41) is 12.1. The molecule has 1 amide bonds. The molecule has 0 bridgehead atoms. The molecule has 6 nitrogen and oxygen atoms in total. The van der Waals surface area contributed by atoms with E-state index >= 15 is 0 Å². The zero-order valence-electron chi connectivity index (χ0n) is 16.4. The average molecular weight is 409 g/mol. The first-order valence-electron chi connectivity index (χ1n) is 9.48. The minimum atomic E-state index is -0.237. The highest BCUT2D eigenvalue weighted by molar-refractivity contribution is 8.00. The number of nitrogens with zero attached hydrogens (tertiary/aromatic N) is 3. The maximum Gasteiger partial charge on any atom is 0.233 e. The summed E-state index contributed by atoms with van der Waals surface area (Å²) in [7, 11) is 3.59. The average Bonchev–Trinajstić information content (AvgIpc) is 3.24. The Morgan fingerprint density at radius 3 is 3.07 bits per heavy atom. The molecule has 0 fully saturated rings. The first kappa shape index (κ1) is 20.4. The lowest BCUT2D eigenvalue weighted by Gasteiger charge is -2.19. The summed E-state index contributed by atoms with van der Waals surface area (Å²) in [5.74, 6) is 1.68. The van der Waals surface area contributed by atoms with Gasteiger partial charge in [-0.2, -0.15) is 0 Å². The van der Waals surface area contributed by atoms with Crippen LogP contribution in [0.1, 0.15) is 37.1 Å². The molecule has 8 heteroatoms. The third kappa shape index (κ3) is 4.73. The molecule has 2 aromatic heterocycles. The molecule has 0 aliphatic heterocycles. The highest BCUT2D eigenvalue weighted by Gasteiger charge is 2.23. The largest absolute Gasteiger partial charge is 0.383 e. The van der Waals surface area contributed by atoms with E-state index in [1.165, 1.54) is 52.8 Å². The van der Waals surface area contributed by atoms with Crippen LogP contribution >= 0.6 is 23.1 Å². The molecule has 0 radical (unpaired) electrons. The van der Waals surface area contributed by atoms with E-state index in [9.17, 15) is 4.79 Å². The van der Waals surface area contributed by atoms with E-state index in [0.29, 0.717) is 13.2 Å². The molecule has 2 atom stereocenters. The fraction of sp³-hybridized carbons (Fsp3) is 0.632. The van der Waals surface area contributed by atoms with Crippen molar-refractivity contribution in [2.24, 2.45) is 13.0 Å². The topological polar surface area (TPSA) is 69.0 Å². The monoisotopic (exact) mass is 408 g/mol. The van der Waals surface area contributed by atoms with Crippen LogP contribution < -0.4 is 5.32 Å². The number of aromatic nitrogens is 3. The molecule has 2 heterocycles. The van der Waals surface area contributed by atoms with Gasteiger partial charge in [-0.05, 0) is 43.7 Å². The summed E-state index contributed by atoms with van der Waals surface area (Å²) in [4.78, 5) is 14.8. The van der Waals surface area contributed by atoms with Gasteiger partial charge in [0.2, 0.25) is 5.91 Å². The quantitative estimate of drug-likeness (QED) is 0.536. The summed E-state index contributed by atoms with van der Waals surface area (Å²) in [5.41, 5.74) is 1.48. The molecule has 27 heavy (non-hydrogen) atoms. The predicted molar refractivity (Wildman–Crippen MR) is 110 cm³/mol. The van der Waals surface area contributed by atoms with E-state index in [1.807, 2.05) is 29.9 Å². The molecule has 148 valence electrons. The summed E-state index contributed by atoms with van der Waals surface area (Å²) >= 11 is 3.27. The van der Waals surface area contributed by atoms with Crippen molar-refractivity contribution >= 4 is 29.0 Å². The standard InChI is InChI=1S/C19H28N4O2S2/c1-5-13-6-7-15-14(10-13)11-16(27-15)17-21-22-19(23(17)3)26-12(2)18(24)20-8-9-25-4/h11-13H,5-10H2,1-4H3,(H,20,24)/t12-,13-/m1/s1. The lowest BCUT2D eigenvalue weighted by atomic mass is 9.87. The van der Waals surface area contributed by atoms with Crippen molar-refractivity contribution in [2.75, 3.05) is 20.3 Å². The molecule has 2 aromatic rings. The zero-order valence-corrected chi connectivity index (χ0v) is 18.1. The molecule has 0 saturated carbocycles. The van der Waals surface area contributed by atoms with Crippen LogP contribution in [0, 0.1) is 5.92 Å². The Hall–Kier alpha value is -1.38. The number of nitrogens with one attached hydrogen (secondary N) is 1. The minimum absolute atomic E-state index is 0.0150. The second-order valence-electron chi connectivity index (χ2n) is 6.99. The second kappa shape index (κ2) is 9.21. The zero-order chi connectivity index (χ0) is 19.4. The minimum Gasteiger partial charge on any atom is -0.383 e. The molecule has 0 saturated heterocycles. The van der Waals surface area contributed by atoms with Crippen molar-refractivity contribution in [3.63, 3.8) is 0 Å². The first-order valence-corrected chi connectivity index (χ1v) is 11.2. The fourth-order valence-corrected chi connectivity index (χ4v) is 5.39. The van der Waals surface area contributed by atoms with Crippen LogP contribution in [0.5, 0.6) is 0 Å². The van der Waals surface area contributed by atoms with Gasteiger partial charge in [0.1, 0.15) is 0 Å². The number of ether oxygens (including phenoxy) is 1. The van der Waals surface area contributed by atoms with Gasteiger partial charge in [-0.15, -0.1) is 21.5 Å².